The molecule has 0 unspecified atom stereocenters. The molecular weight excluding hydrogens is 269 g/mol. The van der Waals surface area contributed by atoms with Gasteiger partial charge in [-0.05, 0) is 31.4 Å². The van der Waals surface area contributed by atoms with Crippen LogP contribution in [0.1, 0.15) is 18.4 Å². The molecule has 2 heterocycles. The lowest BCUT2D eigenvalue weighted by molar-refractivity contribution is 0.783. The summed E-state index contributed by atoms with van der Waals surface area (Å²) >= 11 is 12.5. The van der Waals surface area contributed by atoms with Crippen molar-refractivity contribution < 1.29 is 0 Å². The van der Waals surface area contributed by atoms with Crippen molar-refractivity contribution in [1.29, 1.82) is 0 Å². The van der Waals surface area contributed by atoms with Gasteiger partial charge in [0.25, 0.3) is 0 Å². The van der Waals surface area contributed by atoms with Crippen molar-refractivity contribution in [2.24, 2.45) is 0 Å². The van der Waals surface area contributed by atoms with Crippen molar-refractivity contribution >= 4 is 29.0 Å². The van der Waals surface area contributed by atoms with Crippen LogP contribution in [0, 0.1) is 0 Å². The molecule has 2 N–H and O–H groups in total. The predicted molar refractivity (Wildman–Crippen MR) is 75.5 cm³/mol. The Balaban J connectivity index is 2.15. The van der Waals surface area contributed by atoms with Gasteiger partial charge >= 0.3 is 0 Å². The van der Waals surface area contributed by atoms with Crippen LogP contribution in [0.25, 0.3) is 11.3 Å². The summed E-state index contributed by atoms with van der Waals surface area (Å²) in [5, 5.41) is 12.0. The molecule has 1 aliphatic heterocycles. The first-order valence-corrected chi connectivity index (χ1v) is 6.78. The first-order valence-electron chi connectivity index (χ1n) is 6.03. The van der Waals surface area contributed by atoms with E-state index in [4.69, 9.17) is 23.2 Å². The molecule has 0 saturated carbocycles. The monoisotopic (exact) mass is 281 g/mol. The minimum Gasteiger partial charge on any atom is -0.368 e. The largest absolute Gasteiger partial charge is 0.368 e. The van der Waals surface area contributed by atoms with Crippen LogP contribution in [0.2, 0.25) is 10.0 Å². The molecule has 0 amide bonds. The molecule has 0 spiro atoms. The van der Waals surface area contributed by atoms with Gasteiger partial charge in [-0.1, -0.05) is 29.3 Å². The average molecular weight is 282 g/mol. The number of nitrogens with one attached hydrogen (secondary N) is 2. The van der Waals surface area contributed by atoms with E-state index in [-0.39, 0.29) is 0 Å². The number of fused-ring (bicyclic) bond motifs is 1. The molecule has 0 aliphatic carbocycles. The number of aromatic nitrogens is 2. The number of hydrogen-bond acceptors (Lipinski definition) is 2. The highest BCUT2D eigenvalue weighted by Crippen LogP contribution is 2.38. The van der Waals surface area contributed by atoms with Gasteiger partial charge in [-0.2, -0.15) is 5.10 Å². The molecule has 3 nitrogen and oxygen atoms in total. The minimum atomic E-state index is 0.651. The molecule has 0 atom stereocenters. The van der Waals surface area contributed by atoms with Crippen molar-refractivity contribution in [1.82, 2.24) is 10.2 Å². The van der Waals surface area contributed by atoms with Crippen LogP contribution in [0.5, 0.6) is 0 Å². The molecule has 0 radical (unpaired) electrons. The van der Waals surface area contributed by atoms with E-state index in [1.54, 1.807) is 0 Å². The first-order chi connectivity index (χ1) is 8.77. The van der Waals surface area contributed by atoms with Crippen LogP contribution in [0.4, 0.5) is 5.82 Å². The Bertz CT molecular complexity index is 557. The van der Waals surface area contributed by atoms with E-state index in [2.05, 4.69) is 15.5 Å². The highest BCUT2D eigenvalue weighted by Gasteiger charge is 2.20. The van der Waals surface area contributed by atoms with E-state index >= 15 is 0 Å². The molecule has 0 bridgehead atoms. The second-order valence-electron chi connectivity index (χ2n) is 4.41. The van der Waals surface area contributed by atoms with E-state index in [0.717, 1.165) is 42.9 Å². The molecule has 1 aliphatic rings. The van der Waals surface area contributed by atoms with Crippen LogP contribution in [0.3, 0.4) is 0 Å². The third-order valence-corrected chi connectivity index (χ3v) is 3.86. The van der Waals surface area contributed by atoms with Gasteiger partial charge in [-0.25, -0.2) is 0 Å². The van der Waals surface area contributed by atoms with Gasteiger partial charge in [0.1, 0.15) is 0 Å². The summed E-state index contributed by atoms with van der Waals surface area (Å²) in [5.41, 5.74) is 2.97. The zero-order chi connectivity index (χ0) is 12.5. The van der Waals surface area contributed by atoms with Gasteiger partial charge < -0.3 is 5.32 Å². The lowest BCUT2D eigenvalue weighted by Gasteiger charge is -2.07. The molecule has 1 aromatic heterocycles. The first kappa shape index (κ1) is 11.9. The summed E-state index contributed by atoms with van der Waals surface area (Å²) in [6, 6.07) is 5.54. The summed E-state index contributed by atoms with van der Waals surface area (Å²) in [5.74, 6) is 0.929. The topological polar surface area (TPSA) is 40.7 Å². The van der Waals surface area contributed by atoms with Gasteiger partial charge in [0.2, 0.25) is 0 Å². The fraction of sp³-hybridized carbons (Fsp3) is 0.308. The number of hydrogen-bond donors (Lipinski definition) is 2. The fourth-order valence-corrected chi connectivity index (χ4v) is 2.92. The number of benzene rings is 1. The second kappa shape index (κ2) is 4.82. The number of H-pyrrole nitrogens is 1. The van der Waals surface area contributed by atoms with Gasteiger partial charge in [0, 0.05) is 17.7 Å². The summed E-state index contributed by atoms with van der Waals surface area (Å²) in [6.45, 7) is 0.966. The Kier molecular flexibility index (Phi) is 3.18. The lowest BCUT2D eigenvalue weighted by Crippen LogP contribution is -1.99. The molecule has 2 aromatic rings. The Morgan fingerprint density at radius 2 is 1.89 bits per heavy atom. The highest BCUT2D eigenvalue weighted by molar-refractivity contribution is 6.39. The van der Waals surface area contributed by atoms with Gasteiger partial charge in [-0.3, -0.25) is 5.10 Å². The van der Waals surface area contributed by atoms with Crippen molar-refractivity contribution in [3.8, 4) is 11.3 Å². The van der Waals surface area contributed by atoms with E-state index in [1.807, 2.05) is 18.2 Å². The van der Waals surface area contributed by atoms with Crippen molar-refractivity contribution in [2.45, 2.75) is 19.3 Å². The molecule has 18 heavy (non-hydrogen) atoms. The van der Waals surface area contributed by atoms with Crippen LogP contribution in [0.15, 0.2) is 18.2 Å². The molecule has 1 aromatic carbocycles. The molecule has 0 saturated heterocycles. The lowest BCUT2D eigenvalue weighted by atomic mass is 10.0. The number of nitrogens with zero attached hydrogens (tertiary/aromatic N) is 1. The summed E-state index contributed by atoms with van der Waals surface area (Å²) in [4.78, 5) is 0. The molecular formula is C13H13Cl2N3. The van der Waals surface area contributed by atoms with Crippen molar-refractivity contribution in [3.63, 3.8) is 0 Å². The minimum absolute atomic E-state index is 0.651. The second-order valence-corrected chi connectivity index (χ2v) is 5.22. The third-order valence-electron chi connectivity index (χ3n) is 3.23. The maximum Gasteiger partial charge on any atom is 0.151 e. The maximum absolute atomic E-state index is 6.25. The Morgan fingerprint density at radius 3 is 2.67 bits per heavy atom. The zero-order valence-corrected chi connectivity index (χ0v) is 11.3. The Morgan fingerprint density at radius 1 is 1.11 bits per heavy atom. The highest BCUT2D eigenvalue weighted by atomic mass is 35.5. The number of halogens is 2. The quantitative estimate of drug-likeness (QED) is 0.825. The maximum atomic E-state index is 6.25. The van der Waals surface area contributed by atoms with Gasteiger partial charge in [-0.15, -0.1) is 0 Å². The molecule has 5 heteroatoms. The Labute approximate surface area is 115 Å². The average Bonchev–Trinajstić information content (AvgIpc) is 2.59. The summed E-state index contributed by atoms with van der Waals surface area (Å²) in [7, 11) is 0. The molecule has 3 rings (SSSR count). The van der Waals surface area contributed by atoms with Crippen molar-refractivity contribution in [2.75, 3.05) is 11.9 Å². The summed E-state index contributed by atoms with van der Waals surface area (Å²) in [6.07, 6.45) is 3.30. The van der Waals surface area contributed by atoms with Crippen LogP contribution in [-0.2, 0) is 6.42 Å². The zero-order valence-electron chi connectivity index (χ0n) is 9.76. The number of anilines is 1. The van der Waals surface area contributed by atoms with Crippen molar-refractivity contribution in [3.05, 3.63) is 33.8 Å². The van der Waals surface area contributed by atoms with E-state index in [9.17, 15) is 0 Å². The van der Waals surface area contributed by atoms with Crippen LogP contribution in [-0.4, -0.2) is 16.7 Å². The Hall–Kier alpha value is -1.19. The van der Waals surface area contributed by atoms with Gasteiger partial charge in [0.05, 0.1) is 15.7 Å². The van der Waals surface area contributed by atoms with E-state index in [1.165, 1.54) is 5.56 Å². The van der Waals surface area contributed by atoms with Crippen LogP contribution >= 0.6 is 23.2 Å². The smallest absolute Gasteiger partial charge is 0.151 e. The normalized spacial score (nSPS) is 14.8. The fourth-order valence-electron chi connectivity index (χ4n) is 2.33. The molecule has 0 fully saturated rings. The standard InChI is InChI=1S/C13H13Cl2N3/c14-9-5-3-6-10(15)11(9)12-8-4-1-2-7-16-13(8)18-17-12/h3,5-6H,1-2,4,7H2,(H2,16,17,18). The van der Waals surface area contributed by atoms with Gasteiger partial charge in [0.15, 0.2) is 5.82 Å². The van der Waals surface area contributed by atoms with E-state index < -0.39 is 0 Å². The number of aromatic amines is 1. The predicted octanol–water partition coefficient (Wildman–Crippen LogP) is 4.13. The van der Waals surface area contributed by atoms with E-state index in [0.29, 0.717) is 10.0 Å². The van der Waals surface area contributed by atoms with Crippen LogP contribution < -0.4 is 5.32 Å². The number of rotatable bonds is 1. The molecule has 94 valence electrons. The SMILES string of the molecule is Clc1cccc(Cl)c1-c1[nH]nc2c1CCCCN2. The third kappa shape index (κ3) is 1.98. The summed E-state index contributed by atoms with van der Waals surface area (Å²) < 4.78 is 0.